The summed E-state index contributed by atoms with van der Waals surface area (Å²) in [5, 5.41) is 2.36. The molecule has 0 unspecified atom stereocenters. The van der Waals surface area contributed by atoms with Crippen LogP contribution in [0.2, 0.25) is 0 Å². The second-order valence-electron chi connectivity index (χ2n) is 11.7. The lowest BCUT2D eigenvalue weighted by Crippen LogP contribution is -1.96. The van der Waals surface area contributed by atoms with Gasteiger partial charge in [-0.25, -0.2) is 4.98 Å². The number of benzene rings is 4. The Balaban J connectivity index is 1.26. The molecule has 6 heteroatoms. The zero-order valence-corrected chi connectivity index (χ0v) is 25.6. The van der Waals surface area contributed by atoms with Gasteiger partial charge < -0.3 is 9.13 Å². The maximum atomic E-state index is 5.16. The van der Waals surface area contributed by atoms with E-state index in [4.69, 9.17) is 4.98 Å². The minimum absolute atomic E-state index is 0.917. The van der Waals surface area contributed by atoms with Gasteiger partial charge in [-0.3, -0.25) is 15.0 Å². The number of pyridine rings is 3. The third kappa shape index (κ3) is 4.58. The van der Waals surface area contributed by atoms with Crippen molar-refractivity contribution < 1.29 is 0 Å². The molecule has 4 aromatic carbocycles. The molecule has 0 saturated heterocycles. The molecule has 0 aliphatic carbocycles. The fraction of sp³-hybridized carbons (Fsp3) is 0.0244. The molecule has 0 N–H and O–H groups in total. The van der Waals surface area contributed by atoms with Gasteiger partial charge >= 0.3 is 0 Å². The molecule has 0 aliphatic rings. The van der Waals surface area contributed by atoms with E-state index in [1.54, 1.807) is 6.20 Å². The second-order valence-corrected chi connectivity index (χ2v) is 11.7. The summed E-state index contributed by atoms with van der Waals surface area (Å²) >= 11 is 0. The van der Waals surface area contributed by atoms with Gasteiger partial charge in [0, 0.05) is 76.7 Å². The summed E-state index contributed by atoms with van der Waals surface area (Å²) in [6.07, 6.45) is 9.25. The van der Waals surface area contributed by atoms with E-state index >= 15 is 0 Å². The largest absolute Gasteiger partial charge is 0.327 e. The Kier molecular flexibility index (Phi) is 6.25. The Hall–Kier alpha value is -6.40. The van der Waals surface area contributed by atoms with Crippen LogP contribution >= 0.6 is 0 Å². The molecule has 0 amide bonds. The zero-order chi connectivity index (χ0) is 31.3. The first kappa shape index (κ1) is 27.0. The van der Waals surface area contributed by atoms with Crippen LogP contribution in [0.15, 0.2) is 152 Å². The van der Waals surface area contributed by atoms with Crippen molar-refractivity contribution >= 4 is 32.8 Å². The number of hydrogen-bond acceptors (Lipinski definition) is 4. The van der Waals surface area contributed by atoms with Gasteiger partial charge in [-0.2, -0.15) is 0 Å². The third-order valence-corrected chi connectivity index (χ3v) is 8.96. The van der Waals surface area contributed by atoms with Crippen molar-refractivity contribution in [3.63, 3.8) is 0 Å². The second kappa shape index (κ2) is 10.9. The lowest BCUT2D eigenvalue weighted by molar-refractivity contribution is 0.959. The SMILES string of the molecule is Cn1c(-c2ccc3c4cc(-c5cccnc5)ccc4n(-c4cccc(-c5ccccn5)c4)c3c2)nc2cc(-c3cccnc3)ccc21. The van der Waals surface area contributed by atoms with E-state index in [1.807, 2.05) is 49.1 Å². The highest BCUT2D eigenvalue weighted by Crippen LogP contribution is 2.38. The Morgan fingerprint density at radius 3 is 1.98 bits per heavy atom. The monoisotopic (exact) mass is 604 g/mol. The molecule has 0 saturated carbocycles. The molecule has 0 aliphatic heterocycles. The quantitative estimate of drug-likeness (QED) is 0.196. The molecule has 6 nitrogen and oxygen atoms in total. The first-order chi connectivity index (χ1) is 23.2. The Morgan fingerprint density at radius 1 is 0.489 bits per heavy atom. The number of rotatable bonds is 5. The highest BCUT2D eigenvalue weighted by molar-refractivity contribution is 6.11. The molecular formula is C41H28N6. The van der Waals surface area contributed by atoms with E-state index in [0.29, 0.717) is 0 Å². The van der Waals surface area contributed by atoms with Crippen molar-refractivity contribution in [2.45, 2.75) is 0 Å². The fourth-order valence-corrected chi connectivity index (χ4v) is 6.66. The molecule has 222 valence electrons. The summed E-state index contributed by atoms with van der Waals surface area (Å²) in [4.78, 5) is 18.4. The number of fused-ring (bicyclic) bond motifs is 4. The summed E-state index contributed by atoms with van der Waals surface area (Å²) in [7, 11) is 2.09. The van der Waals surface area contributed by atoms with Gasteiger partial charge in [-0.1, -0.05) is 54.6 Å². The minimum atomic E-state index is 0.917. The summed E-state index contributed by atoms with van der Waals surface area (Å²) in [5.74, 6) is 0.917. The standard InChI is InChI=1S/C41H28N6/c1-46-39-17-14-28(32-9-6-19-43-26-32)23-37(39)45-41(46)30-12-15-34-35-22-27(31-8-5-18-42-25-31)13-16-38(35)47(40(34)24-30)33-10-4-7-29(21-33)36-11-2-3-20-44-36/h2-26H,1H3. The van der Waals surface area contributed by atoms with Crippen LogP contribution < -0.4 is 0 Å². The summed E-state index contributed by atoms with van der Waals surface area (Å²) in [6.45, 7) is 0. The van der Waals surface area contributed by atoms with Crippen LogP contribution in [0.3, 0.4) is 0 Å². The lowest BCUT2D eigenvalue weighted by Gasteiger charge is -2.11. The van der Waals surface area contributed by atoms with Gasteiger partial charge in [0.05, 0.1) is 27.8 Å². The van der Waals surface area contributed by atoms with Crippen LogP contribution in [0.25, 0.3) is 83.4 Å². The summed E-state index contributed by atoms with van der Waals surface area (Å²) in [5.41, 5.74) is 12.8. The first-order valence-corrected chi connectivity index (χ1v) is 15.6. The molecule has 9 rings (SSSR count). The molecule has 0 radical (unpaired) electrons. The van der Waals surface area contributed by atoms with E-state index in [0.717, 1.165) is 72.7 Å². The van der Waals surface area contributed by atoms with Crippen molar-refractivity contribution in [3.8, 4) is 50.6 Å². The Labute approximate surface area is 271 Å². The molecule has 5 aromatic heterocycles. The van der Waals surface area contributed by atoms with Crippen molar-refractivity contribution in [3.05, 3.63) is 152 Å². The van der Waals surface area contributed by atoms with Gasteiger partial charge in [-0.05, 0) is 77.9 Å². The lowest BCUT2D eigenvalue weighted by atomic mass is 10.0. The van der Waals surface area contributed by atoms with Crippen molar-refractivity contribution in [2.24, 2.45) is 7.05 Å². The highest BCUT2D eigenvalue weighted by atomic mass is 15.1. The van der Waals surface area contributed by atoms with Crippen LogP contribution in [-0.4, -0.2) is 29.1 Å². The maximum absolute atomic E-state index is 5.16. The topological polar surface area (TPSA) is 61.4 Å². The van der Waals surface area contributed by atoms with Gasteiger partial charge in [0.25, 0.3) is 0 Å². The fourth-order valence-electron chi connectivity index (χ4n) is 6.66. The van der Waals surface area contributed by atoms with E-state index in [2.05, 4.69) is 128 Å². The number of imidazole rings is 1. The zero-order valence-electron chi connectivity index (χ0n) is 25.6. The van der Waals surface area contributed by atoms with Gasteiger partial charge in [0.1, 0.15) is 5.82 Å². The van der Waals surface area contributed by atoms with Crippen LogP contribution in [0.1, 0.15) is 0 Å². The van der Waals surface area contributed by atoms with E-state index in [-0.39, 0.29) is 0 Å². The van der Waals surface area contributed by atoms with Crippen LogP contribution in [0, 0.1) is 0 Å². The Bertz CT molecular complexity index is 2570. The van der Waals surface area contributed by atoms with Gasteiger partial charge in [0.2, 0.25) is 0 Å². The predicted octanol–water partition coefficient (Wildman–Crippen LogP) is 9.52. The Morgan fingerprint density at radius 2 is 1.23 bits per heavy atom. The normalized spacial score (nSPS) is 11.5. The molecule has 0 spiro atoms. The van der Waals surface area contributed by atoms with E-state index < -0.39 is 0 Å². The van der Waals surface area contributed by atoms with Crippen LogP contribution in [0.5, 0.6) is 0 Å². The van der Waals surface area contributed by atoms with E-state index in [9.17, 15) is 0 Å². The van der Waals surface area contributed by atoms with Crippen molar-refractivity contribution in [1.29, 1.82) is 0 Å². The molecule has 0 bridgehead atoms. The number of aryl methyl sites for hydroxylation is 1. The molecule has 5 heterocycles. The third-order valence-electron chi connectivity index (χ3n) is 8.96. The molecular weight excluding hydrogens is 576 g/mol. The maximum Gasteiger partial charge on any atom is 0.140 e. The van der Waals surface area contributed by atoms with E-state index in [1.165, 1.54) is 10.8 Å². The van der Waals surface area contributed by atoms with Crippen LogP contribution in [0.4, 0.5) is 0 Å². The van der Waals surface area contributed by atoms with Gasteiger partial charge in [0.15, 0.2) is 0 Å². The van der Waals surface area contributed by atoms with Crippen molar-refractivity contribution in [2.75, 3.05) is 0 Å². The smallest absolute Gasteiger partial charge is 0.140 e. The number of aromatic nitrogens is 6. The molecule has 9 aromatic rings. The summed E-state index contributed by atoms with van der Waals surface area (Å²) < 4.78 is 4.54. The minimum Gasteiger partial charge on any atom is -0.327 e. The van der Waals surface area contributed by atoms with Gasteiger partial charge in [-0.15, -0.1) is 0 Å². The average Bonchev–Trinajstić information content (AvgIpc) is 3.66. The number of nitrogens with zero attached hydrogens (tertiary/aromatic N) is 6. The molecule has 0 fully saturated rings. The number of hydrogen-bond donors (Lipinski definition) is 0. The predicted molar refractivity (Wildman–Crippen MR) is 190 cm³/mol. The molecule has 47 heavy (non-hydrogen) atoms. The van der Waals surface area contributed by atoms with Crippen molar-refractivity contribution in [1.82, 2.24) is 29.1 Å². The average molecular weight is 605 g/mol. The van der Waals surface area contributed by atoms with Crippen LogP contribution in [-0.2, 0) is 7.05 Å². The molecule has 0 atom stereocenters. The first-order valence-electron chi connectivity index (χ1n) is 15.6. The highest BCUT2D eigenvalue weighted by Gasteiger charge is 2.18. The summed E-state index contributed by atoms with van der Waals surface area (Å²) in [6, 6.07) is 42.6.